The van der Waals surface area contributed by atoms with Gasteiger partial charge in [-0.2, -0.15) is 0 Å². The first-order valence-corrected chi connectivity index (χ1v) is 11.3. The molecule has 9 nitrogen and oxygen atoms in total. The fraction of sp³-hybridized carbons (Fsp3) is 0.458. The van der Waals surface area contributed by atoms with E-state index in [4.69, 9.17) is 4.42 Å². The molecule has 2 aromatic heterocycles. The molecule has 9 heteroatoms. The molecule has 0 saturated carbocycles. The number of imidazole rings is 1. The molecule has 2 aliphatic heterocycles. The lowest BCUT2D eigenvalue weighted by Gasteiger charge is -2.41. The summed E-state index contributed by atoms with van der Waals surface area (Å²) in [4.78, 5) is 34.1. The summed E-state index contributed by atoms with van der Waals surface area (Å²) < 4.78 is 7.57. The van der Waals surface area contributed by atoms with Crippen LogP contribution in [0.5, 0.6) is 0 Å². The predicted octanol–water partition coefficient (Wildman–Crippen LogP) is 2.20. The average Bonchev–Trinajstić information content (AvgIpc) is 3.53. The first kappa shape index (κ1) is 21.4. The van der Waals surface area contributed by atoms with Crippen LogP contribution in [-0.4, -0.2) is 67.5 Å². The second-order valence-corrected chi connectivity index (χ2v) is 9.19. The van der Waals surface area contributed by atoms with Crippen LogP contribution >= 0.6 is 0 Å². The van der Waals surface area contributed by atoms with Gasteiger partial charge in [0.2, 0.25) is 17.7 Å². The zero-order chi connectivity index (χ0) is 23.0. The molecule has 0 bridgehead atoms. The summed E-state index contributed by atoms with van der Waals surface area (Å²) in [5.41, 5.74) is 1.38. The van der Waals surface area contributed by atoms with Gasteiger partial charge in [0.1, 0.15) is 5.69 Å². The summed E-state index contributed by atoms with van der Waals surface area (Å²) in [6.07, 6.45) is 5.22. The molecule has 2 saturated heterocycles. The normalized spacial score (nSPS) is 19.9. The molecule has 2 fully saturated rings. The Hall–Kier alpha value is -3.49. The van der Waals surface area contributed by atoms with Crippen molar-refractivity contribution in [3.8, 4) is 0 Å². The van der Waals surface area contributed by atoms with E-state index in [2.05, 4.69) is 15.2 Å². The lowest BCUT2D eigenvalue weighted by Crippen LogP contribution is -2.46. The van der Waals surface area contributed by atoms with E-state index in [1.807, 2.05) is 47.2 Å². The summed E-state index contributed by atoms with van der Waals surface area (Å²) in [6, 6.07) is 9.83. The Morgan fingerprint density at radius 3 is 2.52 bits per heavy atom. The molecule has 2 aliphatic rings. The molecule has 0 N–H and O–H groups in total. The minimum Gasteiger partial charge on any atom is -0.425 e. The number of piperidine rings is 1. The van der Waals surface area contributed by atoms with Crippen LogP contribution in [0.3, 0.4) is 0 Å². The van der Waals surface area contributed by atoms with Gasteiger partial charge >= 0.3 is 0 Å². The van der Waals surface area contributed by atoms with E-state index in [9.17, 15) is 9.59 Å². The molecule has 172 valence electrons. The second-order valence-electron chi connectivity index (χ2n) is 9.19. The summed E-state index contributed by atoms with van der Waals surface area (Å²) >= 11 is 0. The van der Waals surface area contributed by atoms with E-state index >= 15 is 0 Å². The van der Waals surface area contributed by atoms with Gasteiger partial charge in [-0.3, -0.25) is 9.59 Å². The summed E-state index contributed by atoms with van der Waals surface area (Å²) in [5, 5.41) is 8.34. The minimum absolute atomic E-state index is 0.0457. The fourth-order valence-electron chi connectivity index (χ4n) is 5.23. The fourth-order valence-corrected chi connectivity index (χ4v) is 5.23. The molecule has 3 aromatic rings. The van der Waals surface area contributed by atoms with Crippen molar-refractivity contribution < 1.29 is 14.0 Å². The van der Waals surface area contributed by atoms with Crippen molar-refractivity contribution in [2.75, 3.05) is 26.2 Å². The lowest BCUT2D eigenvalue weighted by molar-refractivity contribution is -0.132. The lowest BCUT2D eigenvalue weighted by atomic mass is 9.70. The van der Waals surface area contributed by atoms with E-state index < -0.39 is 0 Å². The average molecular weight is 449 g/mol. The van der Waals surface area contributed by atoms with Crippen LogP contribution < -0.4 is 0 Å². The number of rotatable bonds is 4. The number of hydrogen-bond donors (Lipinski definition) is 0. The second kappa shape index (κ2) is 8.46. The SMILES string of the molecule is Cc1nnc(C2CN(C(=O)c3cncn3C)CC23CCN(C(=O)Cc2ccccc2)CC3)o1. The predicted molar refractivity (Wildman–Crippen MR) is 119 cm³/mol. The van der Waals surface area contributed by atoms with Gasteiger partial charge in [-0.25, -0.2) is 4.98 Å². The third kappa shape index (κ3) is 4.03. The highest BCUT2D eigenvalue weighted by molar-refractivity contribution is 5.92. The molecule has 1 spiro atoms. The van der Waals surface area contributed by atoms with Gasteiger partial charge in [0.15, 0.2) is 0 Å². The molecule has 4 heterocycles. The van der Waals surface area contributed by atoms with Crippen LogP contribution in [0.2, 0.25) is 0 Å². The van der Waals surface area contributed by atoms with Crippen molar-refractivity contribution in [1.29, 1.82) is 0 Å². The molecule has 1 aromatic carbocycles. The number of carbonyl (C=O) groups excluding carboxylic acids is 2. The molecule has 0 radical (unpaired) electrons. The van der Waals surface area contributed by atoms with Crippen LogP contribution in [0.4, 0.5) is 0 Å². The summed E-state index contributed by atoms with van der Waals surface area (Å²) in [6.45, 7) is 4.21. The molecule has 2 amide bonds. The first-order valence-electron chi connectivity index (χ1n) is 11.3. The van der Waals surface area contributed by atoms with Gasteiger partial charge in [-0.05, 0) is 18.4 Å². The zero-order valence-electron chi connectivity index (χ0n) is 19.0. The monoisotopic (exact) mass is 448 g/mol. The Balaban J connectivity index is 1.34. The van der Waals surface area contributed by atoms with Gasteiger partial charge < -0.3 is 18.8 Å². The van der Waals surface area contributed by atoms with Gasteiger partial charge in [0.05, 0.1) is 24.9 Å². The zero-order valence-corrected chi connectivity index (χ0v) is 19.0. The molecular formula is C24H28N6O3. The maximum Gasteiger partial charge on any atom is 0.272 e. The topological polar surface area (TPSA) is 97.4 Å². The van der Waals surface area contributed by atoms with Crippen molar-refractivity contribution in [2.45, 2.75) is 32.1 Å². The van der Waals surface area contributed by atoms with Crippen molar-refractivity contribution in [3.63, 3.8) is 0 Å². The maximum absolute atomic E-state index is 13.2. The third-order valence-electron chi connectivity index (χ3n) is 7.12. The highest BCUT2D eigenvalue weighted by atomic mass is 16.4. The smallest absolute Gasteiger partial charge is 0.272 e. The number of hydrogen-bond acceptors (Lipinski definition) is 6. The highest BCUT2D eigenvalue weighted by Crippen LogP contribution is 2.49. The van der Waals surface area contributed by atoms with Crippen LogP contribution in [0.1, 0.15) is 46.6 Å². The Kier molecular flexibility index (Phi) is 5.47. The molecule has 5 rings (SSSR count). The van der Waals surface area contributed by atoms with Crippen molar-refractivity contribution >= 4 is 11.8 Å². The number of nitrogens with zero attached hydrogens (tertiary/aromatic N) is 6. The Labute approximate surface area is 192 Å². The van der Waals surface area contributed by atoms with Crippen molar-refractivity contribution in [2.24, 2.45) is 12.5 Å². The van der Waals surface area contributed by atoms with E-state index in [-0.39, 0.29) is 23.1 Å². The molecule has 1 atom stereocenters. The third-order valence-corrected chi connectivity index (χ3v) is 7.12. The number of likely N-dealkylation sites (tertiary alicyclic amines) is 2. The van der Waals surface area contributed by atoms with Gasteiger partial charge in [0, 0.05) is 45.6 Å². The van der Waals surface area contributed by atoms with Crippen molar-refractivity contribution in [1.82, 2.24) is 29.5 Å². The van der Waals surface area contributed by atoms with E-state index in [1.54, 1.807) is 24.0 Å². The highest BCUT2D eigenvalue weighted by Gasteiger charge is 2.52. The quantitative estimate of drug-likeness (QED) is 0.607. The van der Waals surface area contributed by atoms with Gasteiger partial charge in [-0.1, -0.05) is 30.3 Å². The Morgan fingerprint density at radius 2 is 1.88 bits per heavy atom. The van der Waals surface area contributed by atoms with E-state index in [0.29, 0.717) is 50.1 Å². The van der Waals surface area contributed by atoms with E-state index in [1.165, 1.54) is 0 Å². The number of benzene rings is 1. The standard InChI is InChI=1S/C24H28N6O3/c1-17-26-27-22(33-17)19-14-30(23(32)20-13-25-16-28(20)2)15-24(19)8-10-29(11-9-24)21(31)12-18-6-4-3-5-7-18/h3-7,13,16,19H,8-12,14-15H2,1-2H3. The Bertz CT molecular complexity index is 1150. The first-order chi connectivity index (χ1) is 15.9. The Morgan fingerprint density at radius 1 is 1.12 bits per heavy atom. The van der Waals surface area contributed by atoms with Gasteiger partial charge in [0.25, 0.3) is 5.91 Å². The molecule has 33 heavy (non-hydrogen) atoms. The van der Waals surface area contributed by atoms with Crippen LogP contribution in [-0.2, 0) is 18.3 Å². The molecule has 1 unspecified atom stereocenters. The van der Waals surface area contributed by atoms with Crippen LogP contribution in [0.15, 0.2) is 47.3 Å². The number of aryl methyl sites for hydroxylation is 2. The number of carbonyl (C=O) groups is 2. The van der Waals surface area contributed by atoms with E-state index in [0.717, 1.165) is 18.4 Å². The summed E-state index contributed by atoms with van der Waals surface area (Å²) in [5.74, 6) is 1.14. The summed E-state index contributed by atoms with van der Waals surface area (Å²) in [7, 11) is 1.82. The van der Waals surface area contributed by atoms with Crippen LogP contribution in [0.25, 0.3) is 0 Å². The molecular weight excluding hydrogens is 420 g/mol. The minimum atomic E-state index is -0.198. The van der Waals surface area contributed by atoms with Crippen LogP contribution in [0, 0.1) is 12.3 Å². The maximum atomic E-state index is 13.2. The molecule has 0 aliphatic carbocycles. The van der Waals surface area contributed by atoms with Crippen molar-refractivity contribution in [3.05, 3.63) is 65.9 Å². The number of amides is 2. The largest absolute Gasteiger partial charge is 0.425 e. The van der Waals surface area contributed by atoms with Gasteiger partial charge in [-0.15, -0.1) is 10.2 Å². The number of aromatic nitrogens is 4.